The van der Waals surface area contributed by atoms with E-state index in [4.69, 9.17) is 0 Å². The molecule has 204 valence electrons. The number of sulfonamides is 1. The first-order valence-corrected chi connectivity index (χ1v) is 14.6. The quantitative estimate of drug-likeness (QED) is 0.365. The van der Waals surface area contributed by atoms with Gasteiger partial charge in [0.25, 0.3) is 0 Å². The predicted molar refractivity (Wildman–Crippen MR) is 140 cm³/mol. The molecule has 1 aromatic heterocycles. The van der Waals surface area contributed by atoms with Gasteiger partial charge in [-0.2, -0.15) is 17.5 Å². The number of hydrogen-bond acceptors (Lipinski definition) is 4. The molecule has 2 atom stereocenters. The maximum atomic E-state index is 13.8. The van der Waals surface area contributed by atoms with E-state index in [2.05, 4.69) is 21.8 Å². The molecule has 2 aliphatic rings. The van der Waals surface area contributed by atoms with Gasteiger partial charge in [0.05, 0.1) is 34.7 Å². The minimum absolute atomic E-state index is 0.0825. The van der Waals surface area contributed by atoms with Crippen molar-refractivity contribution >= 4 is 15.7 Å². The maximum absolute atomic E-state index is 13.8. The highest BCUT2D eigenvalue weighted by Gasteiger charge is 2.38. The number of H-pyrrole nitrogens is 1. The van der Waals surface area contributed by atoms with Gasteiger partial charge in [0.15, 0.2) is 0 Å². The number of nitrogens with zero attached hydrogens (tertiary/aromatic N) is 3. The first-order valence-electron chi connectivity index (χ1n) is 13.2. The monoisotopic (exact) mass is 546 g/mol. The second-order valence-electron chi connectivity index (χ2n) is 10.4. The van der Waals surface area contributed by atoms with Crippen LogP contribution in [0.5, 0.6) is 0 Å². The number of halogens is 3. The molecule has 10 heteroatoms. The van der Waals surface area contributed by atoms with Gasteiger partial charge >= 0.3 is 6.18 Å². The van der Waals surface area contributed by atoms with Crippen molar-refractivity contribution in [3.05, 3.63) is 77.9 Å². The fraction of sp³-hybridized carbons (Fsp3) is 0.464. The fourth-order valence-electron chi connectivity index (χ4n) is 5.95. The van der Waals surface area contributed by atoms with Gasteiger partial charge in [-0.25, -0.2) is 13.4 Å². The number of fused-ring (bicyclic) bond motifs is 1. The van der Waals surface area contributed by atoms with Crippen LogP contribution >= 0.6 is 0 Å². The first kappa shape index (κ1) is 26.7. The lowest BCUT2D eigenvalue weighted by atomic mass is 9.96. The first-order chi connectivity index (χ1) is 18.1. The van der Waals surface area contributed by atoms with E-state index < -0.39 is 21.8 Å². The number of aromatic nitrogens is 2. The third-order valence-corrected chi connectivity index (χ3v) is 9.84. The standard InChI is InChI=1S/C28H33F3N4O2S/c1-20(26-16-32-19-33-26)35-24(13-10-21-6-2-3-7-21)18-34(17-22-8-4-5-9-27(22)35)38(36,37)25-14-11-23(12-15-25)28(29,30)31/h4-5,8-9,11-12,14-16,19-21,24H,2-3,6-7,10,13,17-18H2,1H3,(H,32,33)/t20-,24-/m1/s1. The Bertz CT molecular complexity index is 1320. The summed E-state index contributed by atoms with van der Waals surface area (Å²) in [6.45, 7) is 2.47. The molecule has 1 saturated carbocycles. The number of rotatable bonds is 7. The highest BCUT2D eigenvalue weighted by Crippen LogP contribution is 2.39. The Morgan fingerprint density at radius 3 is 2.42 bits per heavy atom. The Morgan fingerprint density at radius 2 is 1.76 bits per heavy atom. The van der Waals surface area contributed by atoms with Crippen LogP contribution in [0.1, 0.15) is 68.3 Å². The van der Waals surface area contributed by atoms with E-state index in [0.29, 0.717) is 5.92 Å². The third kappa shape index (κ3) is 5.47. The summed E-state index contributed by atoms with van der Waals surface area (Å²) in [5, 5.41) is 0. The molecule has 5 rings (SSSR count). The molecule has 6 nitrogen and oxygen atoms in total. The second kappa shape index (κ2) is 10.7. The molecule has 0 amide bonds. The summed E-state index contributed by atoms with van der Waals surface area (Å²) < 4.78 is 68.5. The van der Waals surface area contributed by atoms with Crippen molar-refractivity contribution in [1.29, 1.82) is 0 Å². The van der Waals surface area contributed by atoms with Gasteiger partial charge in [0, 0.05) is 24.8 Å². The smallest absolute Gasteiger partial charge is 0.359 e. The molecule has 0 radical (unpaired) electrons. The average Bonchev–Trinajstić information content (AvgIpc) is 3.59. The number of nitrogens with one attached hydrogen (secondary N) is 1. The normalized spacial score (nSPS) is 20.3. The number of imidazole rings is 1. The van der Waals surface area contributed by atoms with Gasteiger partial charge in [0.2, 0.25) is 10.0 Å². The Labute approximate surface area is 221 Å². The lowest BCUT2D eigenvalue weighted by molar-refractivity contribution is -0.137. The van der Waals surface area contributed by atoms with Crippen LogP contribution in [-0.2, 0) is 22.7 Å². The van der Waals surface area contributed by atoms with E-state index >= 15 is 0 Å². The van der Waals surface area contributed by atoms with Crippen molar-refractivity contribution < 1.29 is 21.6 Å². The zero-order chi connectivity index (χ0) is 26.9. The van der Waals surface area contributed by atoms with Gasteiger partial charge in [-0.3, -0.25) is 0 Å². The van der Waals surface area contributed by atoms with Crippen molar-refractivity contribution in [2.24, 2.45) is 5.92 Å². The molecule has 1 aliphatic carbocycles. The third-order valence-electron chi connectivity index (χ3n) is 8.01. The SMILES string of the molecule is C[C@H](c1cnc[nH]1)N1c2ccccc2CN(S(=O)(=O)c2ccc(C(F)(F)F)cc2)C[C@H]1CCC1CCCC1. The van der Waals surface area contributed by atoms with E-state index in [1.165, 1.54) is 30.0 Å². The number of benzene rings is 2. The lowest BCUT2D eigenvalue weighted by Crippen LogP contribution is -2.45. The molecule has 1 aliphatic heterocycles. The van der Waals surface area contributed by atoms with Crippen molar-refractivity contribution in [3.8, 4) is 0 Å². The molecular formula is C28H33F3N4O2S. The van der Waals surface area contributed by atoms with Crippen molar-refractivity contribution in [2.45, 2.75) is 75.1 Å². The summed E-state index contributed by atoms with van der Waals surface area (Å²) in [7, 11) is -4.04. The van der Waals surface area contributed by atoms with Gasteiger partial charge < -0.3 is 9.88 Å². The number of hydrogen-bond donors (Lipinski definition) is 1. The van der Waals surface area contributed by atoms with Crippen molar-refractivity contribution in [1.82, 2.24) is 14.3 Å². The molecule has 38 heavy (non-hydrogen) atoms. The molecule has 0 unspecified atom stereocenters. The van der Waals surface area contributed by atoms with Gasteiger partial charge in [-0.05, 0) is 61.6 Å². The van der Waals surface area contributed by atoms with E-state index in [-0.39, 0.29) is 30.1 Å². The number of aromatic amines is 1. The molecule has 0 saturated heterocycles. The molecule has 3 aromatic rings. The summed E-state index contributed by atoms with van der Waals surface area (Å²) in [4.78, 5) is 9.59. The van der Waals surface area contributed by atoms with Crippen LogP contribution in [0.25, 0.3) is 0 Å². The summed E-state index contributed by atoms with van der Waals surface area (Å²) in [5.41, 5.74) is 1.89. The molecule has 0 bridgehead atoms. The highest BCUT2D eigenvalue weighted by atomic mass is 32.2. The van der Waals surface area contributed by atoms with Crippen LogP contribution in [-0.4, -0.2) is 35.3 Å². The molecule has 2 heterocycles. The summed E-state index contributed by atoms with van der Waals surface area (Å²) >= 11 is 0. The molecule has 0 spiro atoms. The Hall–Kier alpha value is -2.85. The van der Waals surface area contributed by atoms with Crippen LogP contribution in [0.3, 0.4) is 0 Å². The topological polar surface area (TPSA) is 69.3 Å². The van der Waals surface area contributed by atoms with E-state index in [9.17, 15) is 21.6 Å². The van der Waals surface area contributed by atoms with E-state index in [0.717, 1.165) is 54.1 Å². The van der Waals surface area contributed by atoms with Crippen molar-refractivity contribution in [3.63, 3.8) is 0 Å². The summed E-state index contributed by atoms with van der Waals surface area (Å²) in [6, 6.07) is 11.4. The Morgan fingerprint density at radius 1 is 1.05 bits per heavy atom. The zero-order valence-corrected chi connectivity index (χ0v) is 22.2. The summed E-state index contributed by atoms with van der Waals surface area (Å²) in [5.74, 6) is 0.637. The lowest BCUT2D eigenvalue weighted by Gasteiger charge is -2.38. The fourth-order valence-corrected chi connectivity index (χ4v) is 7.40. The van der Waals surface area contributed by atoms with Gasteiger partial charge in [-0.15, -0.1) is 0 Å². The maximum Gasteiger partial charge on any atom is 0.416 e. The average molecular weight is 547 g/mol. The van der Waals surface area contributed by atoms with Crippen LogP contribution in [0.15, 0.2) is 66.0 Å². The van der Waals surface area contributed by atoms with Gasteiger partial charge in [0.1, 0.15) is 0 Å². The zero-order valence-electron chi connectivity index (χ0n) is 21.4. The largest absolute Gasteiger partial charge is 0.416 e. The predicted octanol–water partition coefficient (Wildman–Crippen LogP) is 6.54. The van der Waals surface area contributed by atoms with Crippen LogP contribution < -0.4 is 4.90 Å². The van der Waals surface area contributed by atoms with Crippen LogP contribution in [0.2, 0.25) is 0 Å². The number of para-hydroxylation sites is 1. The Balaban J connectivity index is 1.52. The molecular weight excluding hydrogens is 513 g/mol. The second-order valence-corrected chi connectivity index (χ2v) is 12.4. The number of anilines is 1. The van der Waals surface area contributed by atoms with E-state index in [1.807, 2.05) is 24.3 Å². The van der Waals surface area contributed by atoms with Gasteiger partial charge in [-0.1, -0.05) is 43.9 Å². The molecule has 2 aromatic carbocycles. The minimum atomic E-state index is -4.53. The number of alkyl halides is 3. The molecule has 1 fully saturated rings. The molecule has 1 N–H and O–H groups in total. The van der Waals surface area contributed by atoms with Crippen molar-refractivity contribution in [2.75, 3.05) is 11.4 Å². The van der Waals surface area contributed by atoms with Crippen LogP contribution in [0, 0.1) is 5.92 Å². The Kier molecular flexibility index (Phi) is 7.55. The highest BCUT2D eigenvalue weighted by molar-refractivity contribution is 7.89. The van der Waals surface area contributed by atoms with Crippen LogP contribution in [0.4, 0.5) is 18.9 Å². The summed E-state index contributed by atoms with van der Waals surface area (Å²) in [6.07, 6.45) is 5.61. The van der Waals surface area contributed by atoms with E-state index in [1.54, 1.807) is 12.5 Å². The minimum Gasteiger partial charge on any atom is -0.359 e.